The van der Waals surface area contributed by atoms with Gasteiger partial charge >= 0.3 is 0 Å². The average molecular weight is 391 g/mol. The van der Waals surface area contributed by atoms with Crippen LogP contribution >= 0.6 is 0 Å². The standard InChI is InChI=1S/C19H26N4O3S/c1-15-7-2-3-9-17(15)19-20-18(26-21-19)13-16-8-6-12-23(14-16)27(24,25)22-10-4-5-11-22/h2-3,7,9,16H,4-6,8,10-14H2,1H3/t16-/m1/s1. The zero-order chi connectivity index (χ0) is 18.9. The molecular formula is C19H26N4O3S. The van der Waals surface area contributed by atoms with Crippen molar-refractivity contribution in [3.05, 3.63) is 35.7 Å². The van der Waals surface area contributed by atoms with Gasteiger partial charge < -0.3 is 4.52 Å². The van der Waals surface area contributed by atoms with Crippen LogP contribution in [0.1, 0.15) is 37.1 Å². The molecule has 8 heteroatoms. The molecule has 146 valence electrons. The summed E-state index contributed by atoms with van der Waals surface area (Å²) in [6, 6.07) is 7.94. The molecule has 27 heavy (non-hydrogen) atoms. The topological polar surface area (TPSA) is 79.5 Å². The maximum atomic E-state index is 12.8. The number of benzene rings is 1. The minimum atomic E-state index is -3.33. The fraction of sp³-hybridized carbons (Fsp3) is 0.579. The SMILES string of the molecule is Cc1ccccc1-c1noc(C[C@H]2CCCN(S(=O)(=O)N3CCCC3)C2)n1. The zero-order valence-corrected chi connectivity index (χ0v) is 16.5. The van der Waals surface area contributed by atoms with E-state index in [0.29, 0.717) is 44.3 Å². The molecule has 0 bridgehead atoms. The van der Waals surface area contributed by atoms with E-state index in [2.05, 4.69) is 10.1 Å². The number of hydrogen-bond acceptors (Lipinski definition) is 5. The van der Waals surface area contributed by atoms with Crippen molar-refractivity contribution in [1.82, 2.24) is 18.8 Å². The molecule has 0 N–H and O–H groups in total. The van der Waals surface area contributed by atoms with E-state index in [-0.39, 0.29) is 5.92 Å². The highest BCUT2D eigenvalue weighted by Crippen LogP contribution is 2.26. The predicted molar refractivity (Wildman–Crippen MR) is 102 cm³/mol. The van der Waals surface area contributed by atoms with Gasteiger partial charge in [0.15, 0.2) is 0 Å². The fourth-order valence-corrected chi connectivity index (χ4v) is 5.81. The second kappa shape index (κ2) is 7.69. The molecule has 3 heterocycles. The van der Waals surface area contributed by atoms with Gasteiger partial charge in [0.2, 0.25) is 11.7 Å². The van der Waals surface area contributed by atoms with E-state index in [4.69, 9.17) is 4.52 Å². The Kier molecular flexibility index (Phi) is 5.29. The molecule has 2 aliphatic rings. The molecule has 0 saturated carbocycles. The molecule has 4 rings (SSSR count). The van der Waals surface area contributed by atoms with Crippen LogP contribution in [0.2, 0.25) is 0 Å². The lowest BCUT2D eigenvalue weighted by atomic mass is 9.96. The number of piperidine rings is 1. The van der Waals surface area contributed by atoms with E-state index in [9.17, 15) is 8.42 Å². The normalized spacial score (nSPS) is 22.3. The van der Waals surface area contributed by atoms with Gasteiger partial charge in [-0.25, -0.2) is 0 Å². The predicted octanol–water partition coefficient (Wildman–Crippen LogP) is 2.64. The van der Waals surface area contributed by atoms with E-state index in [1.807, 2.05) is 31.2 Å². The first-order chi connectivity index (χ1) is 13.0. The zero-order valence-electron chi connectivity index (χ0n) is 15.7. The van der Waals surface area contributed by atoms with Crippen molar-refractivity contribution in [1.29, 1.82) is 0 Å². The number of rotatable bonds is 5. The van der Waals surface area contributed by atoms with Gasteiger partial charge in [-0.2, -0.15) is 22.0 Å². The van der Waals surface area contributed by atoms with Crippen LogP contribution in [-0.4, -0.2) is 53.3 Å². The monoisotopic (exact) mass is 390 g/mol. The van der Waals surface area contributed by atoms with Crippen molar-refractivity contribution in [2.24, 2.45) is 5.92 Å². The lowest BCUT2D eigenvalue weighted by Gasteiger charge is -2.33. The molecule has 1 atom stereocenters. The van der Waals surface area contributed by atoms with E-state index in [1.165, 1.54) is 0 Å². The first-order valence-electron chi connectivity index (χ1n) is 9.68. The smallest absolute Gasteiger partial charge is 0.281 e. The van der Waals surface area contributed by atoms with Crippen LogP contribution in [0.4, 0.5) is 0 Å². The summed E-state index contributed by atoms with van der Waals surface area (Å²) in [4.78, 5) is 4.54. The summed E-state index contributed by atoms with van der Waals surface area (Å²) in [7, 11) is -3.33. The van der Waals surface area contributed by atoms with Crippen LogP contribution in [0.5, 0.6) is 0 Å². The lowest BCUT2D eigenvalue weighted by Crippen LogP contribution is -2.47. The fourth-order valence-electron chi connectivity index (χ4n) is 4.00. The Morgan fingerprint density at radius 2 is 1.85 bits per heavy atom. The molecule has 0 radical (unpaired) electrons. The average Bonchev–Trinajstić information content (AvgIpc) is 3.35. The Hall–Kier alpha value is -1.77. The highest BCUT2D eigenvalue weighted by molar-refractivity contribution is 7.86. The number of nitrogens with zero attached hydrogens (tertiary/aromatic N) is 4. The maximum Gasteiger partial charge on any atom is 0.281 e. The molecular weight excluding hydrogens is 364 g/mol. The summed E-state index contributed by atoms with van der Waals surface area (Å²) in [5.41, 5.74) is 2.07. The highest BCUT2D eigenvalue weighted by Gasteiger charge is 2.35. The van der Waals surface area contributed by atoms with Crippen molar-refractivity contribution < 1.29 is 12.9 Å². The van der Waals surface area contributed by atoms with Crippen LogP contribution in [0.3, 0.4) is 0 Å². The Bertz CT molecular complexity index is 890. The first kappa shape index (κ1) is 18.6. The molecule has 2 fully saturated rings. The molecule has 0 spiro atoms. The third-order valence-electron chi connectivity index (χ3n) is 5.52. The van der Waals surface area contributed by atoms with Crippen molar-refractivity contribution in [3.63, 3.8) is 0 Å². The van der Waals surface area contributed by atoms with Crippen molar-refractivity contribution in [3.8, 4) is 11.4 Å². The molecule has 1 aromatic carbocycles. The highest BCUT2D eigenvalue weighted by atomic mass is 32.2. The van der Waals surface area contributed by atoms with E-state index < -0.39 is 10.2 Å². The number of hydrogen-bond donors (Lipinski definition) is 0. The Labute approximate surface area is 160 Å². The molecule has 0 aliphatic carbocycles. The van der Waals surface area contributed by atoms with Gasteiger partial charge in [0.25, 0.3) is 10.2 Å². The quantitative estimate of drug-likeness (QED) is 0.784. The largest absolute Gasteiger partial charge is 0.339 e. The lowest BCUT2D eigenvalue weighted by molar-refractivity contribution is 0.236. The van der Waals surface area contributed by atoms with Crippen LogP contribution in [0.25, 0.3) is 11.4 Å². The van der Waals surface area contributed by atoms with Crippen LogP contribution < -0.4 is 0 Å². The minimum Gasteiger partial charge on any atom is -0.339 e. The van der Waals surface area contributed by atoms with Crippen LogP contribution in [0.15, 0.2) is 28.8 Å². The Balaban J connectivity index is 1.43. The van der Waals surface area contributed by atoms with Gasteiger partial charge in [0.05, 0.1) is 0 Å². The first-order valence-corrected chi connectivity index (χ1v) is 11.1. The minimum absolute atomic E-state index is 0.210. The van der Waals surface area contributed by atoms with Crippen molar-refractivity contribution in [2.75, 3.05) is 26.2 Å². The third-order valence-corrected chi connectivity index (χ3v) is 7.52. The second-order valence-electron chi connectivity index (χ2n) is 7.51. The summed E-state index contributed by atoms with van der Waals surface area (Å²) < 4.78 is 34.4. The summed E-state index contributed by atoms with van der Waals surface area (Å²) in [6.07, 6.45) is 4.38. The molecule has 2 aromatic rings. The van der Waals surface area contributed by atoms with Gasteiger partial charge in [0.1, 0.15) is 0 Å². The third kappa shape index (κ3) is 3.93. The van der Waals surface area contributed by atoms with Gasteiger partial charge in [-0.05, 0) is 44.1 Å². The number of aromatic nitrogens is 2. The molecule has 0 amide bonds. The maximum absolute atomic E-state index is 12.8. The van der Waals surface area contributed by atoms with Gasteiger partial charge in [-0.15, -0.1) is 0 Å². The van der Waals surface area contributed by atoms with Gasteiger partial charge in [-0.1, -0.05) is 29.4 Å². The molecule has 7 nitrogen and oxygen atoms in total. The van der Waals surface area contributed by atoms with Gasteiger partial charge in [0, 0.05) is 38.2 Å². The van der Waals surface area contributed by atoms with Crippen molar-refractivity contribution in [2.45, 2.75) is 39.0 Å². The summed E-state index contributed by atoms with van der Waals surface area (Å²) in [6.45, 7) is 4.45. The van der Waals surface area contributed by atoms with E-state index in [0.717, 1.165) is 36.8 Å². The van der Waals surface area contributed by atoms with E-state index in [1.54, 1.807) is 8.61 Å². The second-order valence-corrected chi connectivity index (χ2v) is 9.44. The summed E-state index contributed by atoms with van der Waals surface area (Å²) >= 11 is 0. The Morgan fingerprint density at radius 1 is 1.11 bits per heavy atom. The molecule has 2 saturated heterocycles. The van der Waals surface area contributed by atoms with Crippen LogP contribution in [0, 0.1) is 12.8 Å². The Morgan fingerprint density at radius 3 is 2.63 bits per heavy atom. The van der Waals surface area contributed by atoms with Crippen LogP contribution in [-0.2, 0) is 16.6 Å². The van der Waals surface area contributed by atoms with E-state index >= 15 is 0 Å². The summed E-state index contributed by atoms with van der Waals surface area (Å²) in [5.74, 6) is 1.39. The number of aryl methyl sites for hydroxylation is 1. The van der Waals surface area contributed by atoms with Crippen molar-refractivity contribution >= 4 is 10.2 Å². The molecule has 1 aromatic heterocycles. The molecule has 2 aliphatic heterocycles. The summed E-state index contributed by atoms with van der Waals surface area (Å²) in [5, 5.41) is 4.12. The molecule has 0 unspecified atom stereocenters. The van der Waals surface area contributed by atoms with Gasteiger partial charge in [-0.3, -0.25) is 0 Å².